The number of guanidine groups is 1. The Kier molecular flexibility index (Phi) is 8.57. The van der Waals surface area contributed by atoms with E-state index in [1.165, 1.54) is 25.7 Å². The Labute approximate surface area is 157 Å². The van der Waals surface area contributed by atoms with E-state index in [1.54, 1.807) is 4.31 Å². The highest BCUT2D eigenvalue weighted by Gasteiger charge is 2.34. The summed E-state index contributed by atoms with van der Waals surface area (Å²) in [6, 6.07) is 0. The molecule has 136 valence electrons. The van der Waals surface area contributed by atoms with E-state index in [-0.39, 0.29) is 24.0 Å². The van der Waals surface area contributed by atoms with E-state index < -0.39 is 10.0 Å². The fourth-order valence-corrected chi connectivity index (χ4v) is 4.66. The maximum absolute atomic E-state index is 11.8. The van der Waals surface area contributed by atoms with Crippen molar-refractivity contribution in [3.05, 3.63) is 0 Å². The maximum atomic E-state index is 11.8. The van der Waals surface area contributed by atoms with Gasteiger partial charge in [0.1, 0.15) is 0 Å². The van der Waals surface area contributed by atoms with Crippen LogP contribution in [0.4, 0.5) is 0 Å². The number of halogens is 1. The van der Waals surface area contributed by atoms with Crippen LogP contribution in [0.2, 0.25) is 0 Å². The van der Waals surface area contributed by atoms with Crippen LogP contribution < -0.4 is 10.6 Å². The highest BCUT2D eigenvalue weighted by atomic mass is 127. The lowest BCUT2D eigenvalue weighted by Gasteiger charge is -2.40. The van der Waals surface area contributed by atoms with Gasteiger partial charge in [-0.25, -0.2) is 12.7 Å². The number of rotatable bonds is 7. The van der Waals surface area contributed by atoms with Crippen LogP contribution in [0.5, 0.6) is 0 Å². The van der Waals surface area contributed by atoms with Gasteiger partial charge in [0.15, 0.2) is 5.96 Å². The van der Waals surface area contributed by atoms with Gasteiger partial charge in [-0.2, -0.15) is 0 Å². The first kappa shape index (κ1) is 21.0. The second-order valence-corrected chi connectivity index (χ2v) is 8.49. The molecule has 6 nitrogen and oxygen atoms in total. The van der Waals surface area contributed by atoms with Crippen molar-refractivity contribution in [1.82, 2.24) is 14.9 Å². The zero-order valence-corrected chi connectivity index (χ0v) is 17.5. The van der Waals surface area contributed by atoms with E-state index >= 15 is 0 Å². The van der Waals surface area contributed by atoms with Gasteiger partial charge >= 0.3 is 0 Å². The Morgan fingerprint density at radius 3 is 2.43 bits per heavy atom. The van der Waals surface area contributed by atoms with Crippen molar-refractivity contribution in [1.29, 1.82) is 0 Å². The fraction of sp³-hybridized carbons (Fsp3) is 0.933. The molecule has 1 saturated carbocycles. The molecule has 0 aromatic heterocycles. The lowest BCUT2D eigenvalue weighted by Crippen LogP contribution is -2.43. The third-order valence-corrected chi connectivity index (χ3v) is 6.89. The highest BCUT2D eigenvalue weighted by molar-refractivity contribution is 14.0. The van der Waals surface area contributed by atoms with E-state index in [2.05, 4.69) is 17.6 Å². The molecule has 2 N–H and O–H groups in total. The summed E-state index contributed by atoms with van der Waals surface area (Å²) in [4.78, 5) is 4.71. The molecule has 0 radical (unpaired) electrons. The molecule has 1 aliphatic carbocycles. The minimum atomic E-state index is -3.00. The van der Waals surface area contributed by atoms with Crippen molar-refractivity contribution in [2.45, 2.75) is 46.0 Å². The summed E-state index contributed by atoms with van der Waals surface area (Å²) in [6.45, 7) is 7.73. The van der Waals surface area contributed by atoms with Crippen molar-refractivity contribution in [3.8, 4) is 0 Å². The van der Waals surface area contributed by atoms with Gasteiger partial charge in [0, 0.05) is 32.7 Å². The predicted octanol–water partition coefficient (Wildman–Crippen LogP) is 1.78. The van der Waals surface area contributed by atoms with Crippen LogP contribution in [0, 0.1) is 5.41 Å². The van der Waals surface area contributed by atoms with Crippen LogP contribution in [0.15, 0.2) is 4.99 Å². The highest BCUT2D eigenvalue weighted by Crippen LogP contribution is 2.43. The Morgan fingerprint density at radius 2 is 1.96 bits per heavy atom. The SMILES string of the molecule is CCNC(=NCC1(CC)CCC1)NCCN1CCCS1(=O)=O.I. The molecule has 1 heterocycles. The van der Waals surface area contributed by atoms with E-state index in [0.717, 1.165) is 25.5 Å². The molecular formula is C15H31IN4O2S. The Balaban J connectivity index is 0.00000264. The van der Waals surface area contributed by atoms with E-state index in [1.807, 2.05) is 6.92 Å². The average Bonchev–Trinajstić information content (AvgIpc) is 2.77. The Bertz CT molecular complexity index is 486. The summed E-state index contributed by atoms with van der Waals surface area (Å²) in [5.41, 5.74) is 0.403. The third kappa shape index (κ3) is 5.74. The quantitative estimate of drug-likeness (QED) is 0.347. The minimum Gasteiger partial charge on any atom is -0.357 e. The molecule has 2 rings (SSSR count). The summed E-state index contributed by atoms with van der Waals surface area (Å²) in [7, 11) is -3.00. The van der Waals surface area contributed by atoms with Crippen molar-refractivity contribution in [3.63, 3.8) is 0 Å². The van der Waals surface area contributed by atoms with Crippen molar-refractivity contribution >= 4 is 40.0 Å². The van der Waals surface area contributed by atoms with Crippen LogP contribution in [-0.2, 0) is 10.0 Å². The molecule has 0 atom stereocenters. The second-order valence-electron chi connectivity index (χ2n) is 6.40. The molecule has 0 amide bonds. The Hall–Kier alpha value is -0.0900. The van der Waals surface area contributed by atoms with Gasteiger partial charge in [0.2, 0.25) is 10.0 Å². The van der Waals surface area contributed by atoms with Gasteiger partial charge in [-0.3, -0.25) is 4.99 Å². The summed E-state index contributed by atoms with van der Waals surface area (Å²) in [5, 5.41) is 6.51. The molecule has 8 heteroatoms. The molecule has 0 aromatic rings. The largest absolute Gasteiger partial charge is 0.357 e. The molecular weight excluding hydrogens is 427 g/mol. The van der Waals surface area contributed by atoms with Crippen molar-refractivity contribution in [2.24, 2.45) is 10.4 Å². The molecule has 23 heavy (non-hydrogen) atoms. The lowest BCUT2D eigenvalue weighted by atomic mass is 9.67. The molecule has 0 bridgehead atoms. The maximum Gasteiger partial charge on any atom is 0.214 e. The van der Waals surface area contributed by atoms with Crippen molar-refractivity contribution in [2.75, 3.05) is 38.5 Å². The zero-order chi connectivity index (χ0) is 16.1. The van der Waals surface area contributed by atoms with Crippen LogP contribution >= 0.6 is 24.0 Å². The van der Waals surface area contributed by atoms with E-state index in [9.17, 15) is 8.42 Å². The average molecular weight is 458 g/mol. The monoisotopic (exact) mass is 458 g/mol. The molecule has 0 spiro atoms. The van der Waals surface area contributed by atoms with Crippen LogP contribution in [-0.4, -0.2) is 57.2 Å². The number of nitrogens with one attached hydrogen (secondary N) is 2. The molecule has 2 aliphatic rings. The smallest absolute Gasteiger partial charge is 0.214 e. The molecule has 0 unspecified atom stereocenters. The molecule has 1 saturated heterocycles. The fourth-order valence-electron chi connectivity index (χ4n) is 3.13. The van der Waals surface area contributed by atoms with E-state index in [4.69, 9.17) is 4.99 Å². The molecule has 2 fully saturated rings. The first-order valence-corrected chi connectivity index (χ1v) is 10.1. The number of aliphatic imine (C=N–C) groups is 1. The second kappa shape index (κ2) is 9.41. The van der Waals surface area contributed by atoms with Crippen LogP contribution in [0.1, 0.15) is 46.0 Å². The predicted molar refractivity (Wildman–Crippen MR) is 106 cm³/mol. The normalized spacial score (nSPS) is 23.0. The van der Waals surface area contributed by atoms with Gasteiger partial charge in [-0.05, 0) is 38.0 Å². The van der Waals surface area contributed by atoms with Crippen molar-refractivity contribution < 1.29 is 8.42 Å². The summed E-state index contributed by atoms with van der Waals surface area (Å²) in [5.74, 6) is 1.10. The summed E-state index contributed by atoms with van der Waals surface area (Å²) >= 11 is 0. The minimum absolute atomic E-state index is 0. The number of hydrogen-bond donors (Lipinski definition) is 2. The van der Waals surface area contributed by atoms with Crippen LogP contribution in [0.25, 0.3) is 0 Å². The van der Waals surface area contributed by atoms with Gasteiger partial charge in [-0.1, -0.05) is 13.3 Å². The third-order valence-electron chi connectivity index (χ3n) is 4.94. The standard InChI is InChI=1S/C15H30N4O2S.HI/c1-3-15(7-5-8-15)13-18-14(16-4-2)17-9-11-19-10-6-12-22(19,20)21;/h3-13H2,1-2H3,(H2,16,17,18);1H. The topological polar surface area (TPSA) is 73.8 Å². The first-order chi connectivity index (χ1) is 10.5. The van der Waals surface area contributed by atoms with Gasteiger partial charge in [0.25, 0.3) is 0 Å². The van der Waals surface area contributed by atoms with Crippen LogP contribution in [0.3, 0.4) is 0 Å². The molecule has 0 aromatic carbocycles. The lowest BCUT2D eigenvalue weighted by molar-refractivity contribution is 0.139. The molecule has 1 aliphatic heterocycles. The number of hydrogen-bond acceptors (Lipinski definition) is 3. The first-order valence-electron chi connectivity index (χ1n) is 8.51. The summed E-state index contributed by atoms with van der Waals surface area (Å²) in [6.07, 6.45) is 5.80. The zero-order valence-electron chi connectivity index (χ0n) is 14.3. The van der Waals surface area contributed by atoms with Gasteiger partial charge in [0.05, 0.1) is 5.75 Å². The number of nitrogens with zero attached hydrogens (tertiary/aromatic N) is 2. The number of sulfonamides is 1. The summed E-state index contributed by atoms with van der Waals surface area (Å²) < 4.78 is 25.1. The van der Waals surface area contributed by atoms with Gasteiger partial charge in [-0.15, -0.1) is 24.0 Å². The van der Waals surface area contributed by atoms with Gasteiger partial charge < -0.3 is 10.6 Å². The Morgan fingerprint density at radius 1 is 1.22 bits per heavy atom. The van der Waals surface area contributed by atoms with E-state index in [0.29, 0.717) is 30.8 Å².